The van der Waals surface area contributed by atoms with E-state index in [4.69, 9.17) is 4.52 Å². The molecule has 1 atom stereocenters. The molecule has 0 aliphatic heterocycles. The highest BCUT2D eigenvalue weighted by atomic mass is 32.2. The summed E-state index contributed by atoms with van der Waals surface area (Å²) in [5.74, 6) is 0.714. The molecule has 2 aromatic heterocycles. The normalized spacial score (nSPS) is 12.8. The summed E-state index contributed by atoms with van der Waals surface area (Å²) < 4.78 is 34.1. The minimum atomic E-state index is -3.53. The maximum Gasteiger partial charge on any atom is 0.245 e. The van der Waals surface area contributed by atoms with Gasteiger partial charge in [0.05, 0.1) is 5.75 Å². The van der Waals surface area contributed by atoms with E-state index < -0.39 is 16.1 Å². The van der Waals surface area contributed by atoms with Crippen molar-refractivity contribution in [2.75, 3.05) is 25.4 Å². The van der Waals surface area contributed by atoms with E-state index in [0.717, 1.165) is 36.3 Å². The standard InChI is InChI=1S/C24H33N5O3S/c1-4-29(5-2)16-9-17-33(30,31)28-22(13-12-20-10-7-6-8-11-20)24-26-23(27-32-24)21-18-25-15-14-19(21)3/h6-8,10-11,14-15,18,22,28H,4-5,9,12-13,16-17H2,1-3H3/t22-/m1/s1. The fraction of sp³-hybridized carbons (Fsp3) is 0.458. The summed E-state index contributed by atoms with van der Waals surface area (Å²) in [6.45, 7) is 8.65. The molecule has 0 saturated carbocycles. The van der Waals surface area contributed by atoms with Crippen molar-refractivity contribution in [2.24, 2.45) is 0 Å². The third-order valence-corrected chi connectivity index (χ3v) is 7.16. The molecule has 3 aromatic rings. The van der Waals surface area contributed by atoms with Gasteiger partial charge in [-0.2, -0.15) is 4.98 Å². The van der Waals surface area contributed by atoms with Crippen LogP contribution in [0.1, 0.15) is 49.7 Å². The van der Waals surface area contributed by atoms with Gasteiger partial charge < -0.3 is 9.42 Å². The van der Waals surface area contributed by atoms with Crippen LogP contribution in [0.4, 0.5) is 0 Å². The molecule has 0 fully saturated rings. The molecule has 0 radical (unpaired) electrons. The number of nitrogens with zero attached hydrogens (tertiary/aromatic N) is 4. The van der Waals surface area contributed by atoms with E-state index in [1.165, 1.54) is 0 Å². The largest absolute Gasteiger partial charge is 0.337 e. The molecule has 0 spiro atoms. The number of nitrogens with one attached hydrogen (secondary N) is 1. The van der Waals surface area contributed by atoms with Crippen molar-refractivity contribution in [1.29, 1.82) is 0 Å². The minimum Gasteiger partial charge on any atom is -0.337 e. The number of sulfonamides is 1. The number of aromatic nitrogens is 3. The zero-order chi connectivity index (χ0) is 23.7. The van der Waals surface area contributed by atoms with E-state index in [1.54, 1.807) is 12.4 Å². The van der Waals surface area contributed by atoms with Gasteiger partial charge in [-0.3, -0.25) is 4.98 Å². The van der Waals surface area contributed by atoms with Gasteiger partial charge in [0.15, 0.2) is 0 Å². The van der Waals surface area contributed by atoms with Crippen LogP contribution in [0.15, 0.2) is 53.3 Å². The lowest BCUT2D eigenvalue weighted by Crippen LogP contribution is -2.33. The highest BCUT2D eigenvalue weighted by molar-refractivity contribution is 7.89. The molecule has 0 unspecified atom stereocenters. The Hall–Kier alpha value is -2.62. The zero-order valence-electron chi connectivity index (χ0n) is 19.6. The summed E-state index contributed by atoms with van der Waals surface area (Å²) in [6, 6.07) is 11.2. The topological polar surface area (TPSA) is 101 Å². The molecular weight excluding hydrogens is 438 g/mol. The molecule has 2 heterocycles. The lowest BCUT2D eigenvalue weighted by molar-refractivity contribution is 0.304. The van der Waals surface area contributed by atoms with Gasteiger partial charge in [-0.05, 0) is 63.0 Å². The van der Waals surface area contributed by atoms with Crippen molar-refractivity contribution in [2.45, 2.75) is 46.1 Å². The van der Waals surface area contributed by atoms with Gasteiger partial charge in [-0.25, -0.2) is 13.1 Å². The summed E-state index contributed by atoms with van der Waals surface area (Å²) in [7, 11) is -3.53. The highest BCUT2D eigenvalue weighted by Gasteiger charge is 2.25. The molecule has 178 valence electrons. The average Bonchev–Trinajstić information content (AvgIpc) is 3.30. The molecule has 1 aromatic carbocycles. The number of hydrogen-bond acceptors (Lipinski definition) is 7. The van der Waals surface area contributed by atoms with Gasteiger partial charge in [0, 0.05) is 18.0 Å². The Balaban J connectivity index is 1.76. The van der Waals surface area contributed by atoms with E-state index >= 15 is 0 Å². The van der Waals surface area contributed by atoms with Gasteiger partial charge in [0.1, 0.15) is 6.04 Å². The lowest BCUT2D eigenvalue weighted by Gasteiger charge is -2.19. The van der Waals surface area contributed by atoms with Crippen LogP contribution in [0, 0.1) is 6.92 Å². The molecule has 33 heavy (non-hydrogen) atoms. The van der Waals surface area contributed by atoms with Crippen molar-refractivity contribution in [3.8, 4) is 11.4 Å². The van der Waals surface area contributed by atoms with Crippen LogP contribution in [-0.4, -0.2) is 53.8 Å². The van der Waals surface area contributed by atoms with Crippen LogP contribution < -0.4 is 4.72 Å². The van der Waals surface area contributed by atoms with Crippen LogP contribution in [0.5, 0.6) is 0 Å². The molecule has 9 heteroatoms. The highest BCUT2D eigenvalue weighted by Crippen LogP contribution is 2.24. The van der Waals surface area contributed by atoms with Gasteiger partial charge >= 0.3 is 0 Å². The quantitative estimate of drug-likeness (QED) is 0.405. The third-order valence-electron chi connectivity index (χ3n) is 5.69. The molecule has 0 bridgehead atoms. The van der Waals surface area contributed by atoms with Crippen LogP contribution in [0.3, 0.4) is 0 Å². The predicted molar refractivity (Wildman–Crippen MR) is 129 cm³/mol. The Bertz CT molecular complexity index is 1100. The fourth-order valence-corrected chi connectivity index (χ4v) is 4.95. The minimum absolute atomic E-state index is 0.0496. The first-order valence-corrected chi connectivity index (χ1v) is 13.1. The van der Waals surface area contributed by atoms with Gasteiger partial charge in [-0.1, -0.05) is 49.3 Å². The first-order chi connectivity index (χ1) is 15.9. The summed E-state index contributed by atoms with van der Waals surface area (Å²) in [5, 5.41) is 4.09. The van der Waals surface area contributed by atoms with Crippen molar-refractivity contribution >= 4 is 10.0 Å². The predicted octanol–water partition coefficient (Wildman–Crippen LogP) is 3.77. The van der Waals surface area contributed by atoms with Crippen molar-refractivity contribution in [3.05, 3.63) is 65.8 Å². The number of rotatable bonds is 13. The fourth-order valence-electron chi connectivity index (χ4n) is 3.67. The molecule has 0 amide bonds. The Morgan fingerprint density at radius 2 is 1.88 bits per heavy atom. The van der Waals surface area contributed by atoms with Gasteiger partial charge in [0.25, 0.3) is 0 Å². The Morgan fingerprint density at radius 3 is 2.58 bits per heavy atom. The Labute approximate surface area is 196 Å². The Kier molecular flexibility index (Phi) is 9.11. The van der Waals surface area contributed by atoms with E-state index in [1.807, 2.05) is 43.3 Å². The molecule has 3 rings (SSSR count). The summed E-state index contributed by atoms with van der Waals surface area (Å²) >= 11 is 0. The Morgan fingerprint density at radius 1 is 1.12 bits per heavy atom. The van der Waals surface area contributed by atoms with Gasteiger partial charge in [-0.15, -0.1) is 0 Å². The number of benzene rings is 1. The van der Waals surface area contributed by atoms with E-state index in [9.17, 15) is 8.42 Å². The second kappa shape index (κ2) is 12.0. The van der Waals surface area contributed by atoms with Crippen molar-refractivity contribution < 1.29 is 12.9 Å². The second-order valence-corrected chi connectivity index (χ2v) is 9.91. The second-order valence-electron chi connectivity index (χ2n) is 8.04. The van der Waals surface area contributed by atoms with Crippen LogP contribution in [-0.2, 0) is 16.4 Å². The average molecular weight is 472 g/mol. The number of aryl methyl sites for hydroxylation is 2. The maximum absolute atomic E-state index is 12.9. The van der Waals surface area contributed by atoms with Crippen LogP contribution in [0.25, 0.3) is 11.4 Å². The van der Waals surface area contributed by atoms with Gasteiger partial charge in [0.2, 0.25) is 21.7 Å². The summed E-state index contributed by atoms with van der Waals surface area (Å²) in [4.78, 5) is 10.9. The zero-order valence-corrected chi connectivity index (χ0v) is 20.4. The number of hydrogen-bond donors (Lipinski definition) is 1. The molecule has 8 nitrogen and oxygen atoms in total. The van der Waals surface area contributed by atoms with Crippen LogP contribution >= 0.6 is 0 Å². The lowest BCUT2D eigenvalue weighted by atomic mass is 10.1. The van der Waals surface area contributed by atoms with Crippen LogP contribution in [0.2, 0.25) is 0 Å². The molecule has 0 saturated heterocycles. The van der Waals surface area contributed by atoms with E-state index in [2.05, 4.69) is 38.6 Å². The monoisotopic (exact) mass is 471 g/mol. The molecule has 0 aliphatic carbocycles. The SMILES string of the molecule is CCN(CC)CCCS(=O)(=O)N[C@H](CCc1ccccc1)c1nc(-c2cnccc2C)no1. The third kappa shape index (κ3) is 7.45. The van der Waals surface area contributed by atoms with E-state index in [0.29, 0.717) is 25.1 Å². The summed E-state index contributed by atoms with van der Waals surface area (Å²) in [5.41, 5.74) is 2.85. The molecule has 1 N–H and O–H groups in total. The first kappa shape index (κ1) is 25.0. The maximum atomic E-state index is 12.9. The van der Waals surface area contributed by atoms with Crippen molar-refractivity contribution in [1.82, 2.24) is 24.7 Å². The number of pyridine rings is 1. The molecular formula is C24H33N5O3S. The molecule has 0 aliphatic rings. The van der Waals surface area contributed by atoms with Crippen molar-refractivity contribution in [3.63, 3.8) is 0 Å². The summed E-state index contributed by atoms with van der Waals surface area (Å²) in [6.07, 6.45) is 5.13. The smallest absolute Gasteiger partial charge is 0.245 e. The first-order valence-electron chi connectivity index (χ1n) is 11.4. The van der Waals surface area contributed by atoms with E-state index in [-0.39, 0.29) is 11.6 Å².